The SMILES string of the molecule is CCC(C)C(NC(=O)OC(C)(C)C)C(=O)N(C(C)CC)C(C(=O)NC(C)C)c1ccc(O)c(C)c1. The molecule has 4 unspecified atom stereocenters. The van der Waals surface area contributed by atoms with E-state index >= 15 is 0 Å². The Morgan fingerprint density at radius 1 is 1.03 bits per heavy atom. The molecule has 0 spiro atoms. The lowest BCUT2D eigenvalue weighted by atomic mass is 9.93. The van der Waals surface area contributed by atoms with Crippen molar-refractivity contribution < 1.29 is 24.2 Å². The Bertz CT molecular complexity index is 878. The molecule has 0 saturated carbocycles. The maximum Gasteiger partial charge on any atom is 0.408 e. The number of phenols is 1. The molecule has 1 aromatic carbocycles. The van der Waals surface area contributed by atoms with Crippen LogP contribution in [0, 0.1) is 12.8 Å². The minimum atomic E-state index is -0.939. The number of carbonyl (C=O) groups excluding carboxylic acids is 3. The van der Waals surface area contributed by atoms with E-state index in [1.54, 1.807) is 44.7 Å². The van der Waals surface area contributed by atoms with Gasteiger partial charge in [0.1, 0.15) is 23.4 Å². The molecule has 3 amide bonds. The van der Waals surface area contributed by atoms with Crippen molar-refractivity contribution in [2.24, 2.45) is 5.92 Å². The van der Waals surface area contributed by atoms with Crippen LogP contribution in [0.5, 0.6) is 5.75 Å². The van der Waals surface area contributed by atoms with Gasteiger partial charge in [-0.2, -0.15) is 0 Å². The highest BCUT2D eigenvalue weighted by Crippen LogP contribution is 2.30. The maximum atomic E-state index is 14.1. The number of aryl methyl sites for hydroxylation is 1. The van der Waals surface area contributed by atoms with E-state index in [0.29, 0.717) is 24.0 Å². The van der Waals surface area contributed by atoms with Gasteiger partial charge >= 0.3 is 6.09 Å². The summed E-state index contributed by atoms with van der Waals surface area (Å²) in [5, 5.41) is 15.8. The molecule has 0 bridgehead atoms. The molecule has 0 aliphatic carbocycles. The first-order valence-electron chi connectivity index (χ1n) is 12.5. The fourth-order valence-electron chi connectivity index (χ4n) is 3.72. The van der Waals surface area contributed by atoms with Crippen LogP contribution >= 0.6 is 0 Å². The van der Waals surface area contributed by atoms with Gasteiger partial charge in [0.25, 0.3) is 0 Å². The van der Waals surface area contributed by atoms with Crippen LogP contribution in [-0.4, -0.2) is 51.6 Å². The number of rotatable bonds is 10. The van der Waals surface area contributed by atoms with Crippen LogP contribution in [0.25, 0.3) is 0 Å². The lowest BCUT2D eigenvalue weighted by molar-refractivity contribution is -0.146. The van der Waals surface area contributed by atoms with E-state index in [2.05, 4.69) is 10.6 Å². The molecule has 4 atom stereocenters. The van der Waals surface area contributed by atoms with Gasteiger partial charge in [0.05, 0.1) is 0 Å². The summed E-state index contributed by atoms with van der Waals surface area (Å²) in [6.45, 7) is 18.4. The number of phenolic OH excluding ortho intramolecular Hbond substituents is 1. The Labute approximate surface area is 210 Å². The normalized spacial score (nSPS) is 15.1. The highest BCUT2D eigenvalue weighted by Gasteiger charge is 2.40. The number of hydrogen-bond acceptors (Lipinski definition) is 5. The van der Waals surface area contributed by atoms with Crippen LogP contribution in [0.15, 0.2) is 18.2 Å². The summed E-state index contributed by atoms with van der Waals surface area (Å²) in [5.41, 5.74) is 0.478. The van der Waals surface area contributed by atoms with Crippen LogP contribution in [0.1, 0.15) is 92.3 Å². The molecule has 35 heavy (non-hydrogen) atoms. The molecule has 8 nitrogen and oxygen atoms in total. The standard InChI is InChI=1S/C27H45N3O5/c1-11-17(5)22(29-26(34)35-27(8,9)10)25(33)30(19(7)12-2)23(24(32)28-16(3)4)20-13-14-21(31)18(6)15-20/h13-17,19,22-23,31H,11-12H2,1-10H3,(H,28,32)(H,29,34). The van der Waals surface area contributed by atoms with E-state index in [1.807, 2.05) is 41.5 Å². The number of benzene rings is 1. The number of nitrogens with one attached hydrogen (secondary N) is 2. The lowest BCUT2D eigenvalue weighted by Crippen LogP contribution is -2.57. The lowest BCUT2D eigenvalue weighted by Gasteiger charge is -2.39. The highest BCUT2D eigenvalue weighted by atomic mass is 16.6. The first kappa shape index (κ1) is 30.3. The van der Waals surface area contributed by atoms with Crippen molar-refractivity contribution in [1.82, 2.24) is 15.5 Å². The Kier molecular flexibility index (Phi) is 11.1. The van der Waals surface area contributed by atoms with Gasteiger partial charge in [-0.15, -0.1) is 0 Å². The molecule has 0 aliphatic heterocycles. The average molecular weight is 492 g/mol. The topological polar surface area (TPSA) is 108 Å². The molecule has 0 aliphatic rings. The van der Waals surface area contributed by atoms with Crippen LogP contribution in [0.4, 0.5) is 4.79 Å². The minimum absolute atomic E-state index is 0.113. The van der Waals surface area contributed by atoms with Crippen molar-refractivity contribution in [3.05, 3.63) is 29.3 Å². The van der Waals surface area contributed by atoms with Crippen LogP contribution in [0.3, 0.4) is 0 Å². The highest BCUT2D eigenvalue weighted by molar-refractivity contribution is 5.92. The molecule has 0 heterocycles. The quantitative estimate of drug-likeness (QED) is 0.434. The molecule has 1 rings (SSSR count). The summed E-state index contributed by atoms with van der Waals surface area (Å²) in [7, 11) is 0. The van der Waals surface area contributed by atoms with Crippen molar-refractivity contribution in [2.45, 2.75) is 112 Å². The minimum Gasteiger partial charge on any atom is -0.508 e. The van der Waals surface area contributed by atoms with Gasteiger partial charge in [-0.25, -0.2) is 4.79 Å². The molecule has 0 saturated heterocycles. The third kappa shape index (κ3) is 8.75. The number of nitrogens with zero attached hydrogens (tertiary/aromatic N) is 1. The molecule has 3 N–H and O–H groups in total. The summed E-state index contributed by atoms with van der Waals surface area (Å²) in [6, 6.07) is 2.67. The fourth-order valence-corrected chi connectivity index (χ4v) is 3.72. The second-order valence-corrected chi connectivity index (χ2v) is 10.6. The summed E-state index contributed by atoms with van der Waals surface area (Å²) < 4.78 is 5.43. The van der Waals surface area contributed by atoms with Crippen LogP contribution < -0.4 is 10.6 Å². The average Bonchev–Trinajstić information content (AvgIpc) is 2.74. The van der Waals surface area contributed by atoms with E-state index in [4.69, 9.17) is 4.74 Å². The van der Waals surface area contributed by atoms with E-state index in [0.717, 1.165) is 0 Å². The predicted octanol–water partition coefficient (Wildman–Crippen LogP) is 4.83. The molecule has 0 aromatic heterocycles. The van der Waals surface area contributed by atoms with E-state index in [9.17, 15) is 19.5 Å². The smallest absolute Gasteiger partial charge is 0.408 e. The van der Waals surface area contributed by atoms with Crippen LogP contribution in [0.2, 0.25) is 0 Å². The summed E-state index contributed by atoms with van der Waals surface area (Å²) in [4.78, 5) is 41.9. The number of aromatic hydroxyl groups is 1. The van der Waals surface area contributed by atoms with Crippen LogP contribution in [-0.2, 0) is 14.3 Å². The van der Waals surface area contributed by atoms with Gasteiger partial charge < -0.3 is 25.4 Å². The maximum absolute atomic E-state index is 14.1. The number of alkyl carbamates (subject to hydrolysis) is 1. The monoisotopic (exact) mass is 491 g/mol. The van der Waals surface area contributed by atoms with Crippen molar-refractivity contribution >= 4 is 17.9 Å². The number of amides is 3. The summed E-state index contributed by atoms with van der Waals surface area (Å²) >= 11 is 0. The zero-order valence-electron chi connectivity index (χ0n) is 23.1. The molecule has 0 radical (unpaired) electrons. The van der Waals surface area contributed by atoms with E-state index in [1.165, 1.54) is 6.07 Å². The van der Waals surface area contributed by atoms with Gasteiger partial charge in [-0.1, -0.05) is 33.3 Å². The summed E-state index contributed by atoms with van der Waals surface area (Å²) in [5.74, 6) is -0.757. The second-order valence-electron chi connectivity index (χ2n) is 10.6. The third-order valence-corrected chi connectivity index (χ3v) is 5.97. The molecular formula is C27H45N3O5. The Hall–Kier alpha value is -2.77. The number of ether oxygens (including phenoxy) is 1. The zero-order chi connectivity index (χ0) is 27.1. The fraction of sp³-hybridized carbons (Fsp3) is 0.667. The van der Waals surface area contributed by atoms with E-state index < -0.39 is 23.8 Å². The summed E-state index contributed by atoms with van der Waals surface area (Å²) in [6.07, 6.45) is 0.569. The first-order chi connectivity index (χ1) is 16.1. The molecule has 8 heteroatoms. The molecular weight excluding hydrogens is 446 g/mol. The Morgan fingerprint density at radius 3 is 2.09 bits per heavy atom. The predicted molar refractivity (Wildman–Crippen MR) is 138 cm³/mol. The van der Waals surface area contributed by atoms with Gasteiger partial charge in [0.2, 0.25) is 11.8 Å². The molecule has 0 fully saturated rings. The van der Waals surface area contributed by atoms with E-state index in [-0.39, 0.29) is 35.6 Å². The van der Waals surface area contributed by atoms with Crippen molar-refractivity contribution in [2.75, 3.05) is 0 Å². The first-order valence-corrected chi connectivity index (χ1v) is 12.5. The van der Waals surface area contributed by atoms with Gasteiger partial charge in [0.15, 0.2) is 0 Å². The largest absolute Gasteiger partial charge is 0.508 e. The zero-order valence-corrected chi connectivity index (χ0v) is 23.1. The molecule has 1 aromatic rings. The third-order valence-electron chi connectivity index (χ3n) is 5.97. The van der Waals surface area contributed by atoms with Gasteiger partial charge in [-0.3, -0.25) is 9.59 Å². The Morgan fingerprint density at radius 2 is 1.63 bits per heavy atom. The number of carbonyl (C=O) groups is 3. The van der Waals surface area contributed by atoms with Crippen molar-refractivity contribution in [1.29, 1.82) is 0 Å². The Balaban J connectivity index is 3.60. The number of hydrogen-bond donors (Lipinski definition) is 3. The molecule has 198 valence electrons. The van der Waals surface area contributed by atoms with Crippen molar-refractivity contribution in [3.63, 3.8) is 0 Å². The van der Waals surface area contributed by atoms with Crippen molar-refractivity contribution in [3.8, 4) is 5.75 Å². The second kappa shape index (κ2) is 12.8. The van der Waals surface area contributed by atoms with Gasteiger partial charge in [0, 0.05) is 12.1 Å². The van der Waals surface area contributed by atoms with Gasteiger partial charge in [-0.05, 0) is 84.1 Å².